The summed E-state index contributed by atoms with van der Waals surface area (Å²) in [6.07, 6.45) is 1.80. The topological polar surface area (TPSA) is 56.7 Å². The number of aryl methyl sites for hydroxylation is 2. The Labute approximate surface area is 79.2 Å². The van der Waals surface area contributed by atoms with Crippen molar-refractivity contribution >= 4 is 0 Å². The third-order valence-electron chi connectivity index (χ3n) is 2.14. The molecule has 1 atom stereocenters. The lowest BCUT2D eigenvalue weighted by atomic mass is 10.3. The van der Waals surface area contributed by atoms with Crippen LogP contribution in [0.2, 0.25) is 0 Å². The van der Waals surface area contributed by atoms with Gasteiger partial charge in [0.25, 0.3) is 0 Å². The first-order chi connectivity index (χ1) is 6.22. The van der Waals surface area contributed by atoms with Crippen molar-refractivity contribution in [3.8, 4) is 0 Å². The molecule has 0 fully saturated rings. The van der Waals surface area contributed by atoms with Crippen molar-refractivity contribution in [2.45, 2.75) is 39.7 Å². The second-order valence-electron chi connectivity index (χ2n) is 3.18. The highest BCUT2D eigenvalue weighted by Crippen LogP contribution is 2.08. The normalized spacial score (nSPS) is 13.2. The molecule has 0 spiro atoms. The fourth-order valence-corrected chi connectivity index (χ4v) is 1.25. The van der Waals surface area contributed by atoms with Crippen molar-refractivity contribution in [2.75, 3.05) is 6.54 Å². The predicted molar refractivity (Wildman–Crippen MR) is 52.5 cm³/mol. The van der Waals surface area contributed by atoms with E-state index in [1.165, 1.54) is 0 Å². The summed E-state index contributed by atoms with van der Waals surface area (Å²) in [5.74, 6) is 1.95. The first-order valence-electron chi connectivity index (χ1n) is 4.87. The maximum atomic E-state index is 5.59. The largest absolute Gasteiger partial charge is 0.328 e. The minimum atomic E-state index is 0.253. The van der Waals surface area contributed by atoms with Gasteiger partial charge in [-0.2, -0.15) is 5.10 Å². The van der Waals surface area contributed by atoms with E-state index in [2.05, 4.69) is 30.9 Å². The van der Waals surface area contributed by atoms with Gasteiger partial charge in [-0.15, -0.1) is 0 Å². The monoisotopic (exact) mass is 182 g/mol. The van der Waals surface area contributed by atoms with Crippen LogP contribution >= 0.6 is 0 Å². The van der Waals surface area contributed by atoms with E-state index >= 15 is 0 Å². The molecule has 74 valence electrons. The molecule has 0 bridgehead atoms. The quantitative estimate of drug-likeness (QED) is 0.753. The van der Waals surface area contributed by atoms with E-state index in [4.69, 9.17) is 5.73 Å². The molecule has 0 saturated carbocycles. The van der Waals surface area contributed by atoms with Gasteiger partial charge in [0.05, 0.1) is 6.04 Å². The van der Waals surface area contributed by atoms with E-state index in [0.717, 1.165) is 24.5 Å². The third kappa shape index (κ3) is 2.06. The number of hydrogen-bond donors (Lipinski definition) is 1. The molecule has 0 radical (unpaired) electrons. The maximum absolute atomic E-state index is 5.59. The molecule has 1 aromatic rings. The highest BCUT2D eigenvalue weighted by Gasteiger charge is 2.11. The van der Waals surface area contributed by atoms with Crippen molar-refractivity contribution in [3.05, 3.63) is 11.6 Å². The predicted octanol–water partition coefficient (Wildman–Crippen LogP) is 0.923. The van der Waals surface area contributed by atoms with Crippen molar-refractivity contribution in [1.29, 1.82) is 0 Å². The number of aromatic nitrogens is 3. The van der Waals surface area contributed by atoms with E-state index in [9.17, 15) is 0 Å². The summed E-state index contributed by atoms with van der Waals surface area (Å²) in [6.45, 7) is 6.82. The second-order valence-corrected chi connectivity index (χ2v) is 3.18. The second kappa shape index (κ2) is 4.37. The van der Waals surface area contributed by atoms with Crippen molar-refractivity contribution in [3.63, 3.8) is 0 Å². The van der Waals surface area contributed by atoms with Gasteiger partial charge in [-0.05, 0) is 6.92 Å². The minimum absolute atomic E-state index is 0.253. The molecule has 0 aromatic carbocycles. The smallest absolute Gasteiger partial charge is 0.150 e. The highest BCUT2D eigenvalue weighted by molar-refractivity contribution is 4.94. The Bertz CT molecular complexity index is 267. The summed E-state index contributed by atoms with van der Waals surface area (Å²) < 4.78 is 1.94. The lowest BCUT2D eigenvalue weighted by molar-refractivity contribution is 0.477. The average Bonchev–Trinajstić information content (AvgIpc) is 2.59. The van der Waals surface area contributed by atoms with Gasteiger partial charge >= 0.3 is 0 Å². The van der Waals surface area contributed by atoms with Crippen LogP contribution in [0.15, 0.2) is 0 Å². The van der Waals surface area contributed by atoms with E-state index in [1.807, 2.05) is 4.68 Å². The average molecular weight is 182 g/mol. The Balaban J connectivity index is 2.96. The zero-order valence-corrected chi connectivity index (χ0v) is 8.62. The van der Waals surface area contributed by atoms with Crippen molar-refractivity contribution in [1.82, 2.24) is 14.8 Å². The molecular weight excluding hydrogens is 164 g/mol. The molecule has 4 nitrogen and oxygen atoms in total. The first kappa shape index (κ1) is 10.2. The first-order valence-corrected chi connectivity index (χ1v) is 4.87. The summed E-state index contributed by atoms with van der Waals surface area (Å²) in [5, 5.41) is 4.40. The Morgan fingerprint density at radius 2 is 2.08 bits per heavy atom. The van der Waals surface area contributed by atoms with Gasteiger partial charge in [-0.3, -0.25) is 0 Å². The van der Waals surface area contributed by atoms with Gasteiger partial charge in [0.1, 0.15) is 5.82 Å². The van der Waals surface area contributed by atoms with E-state index in [0.29, 0.717) is 6.54 Å². The zero-order valence-electron chi connectivity index (χ0n) is 8.62. The van der Waals surface area contributed by atoms with Gasteiger partial charge in [0.2, 0.25) is 0 Å². The zero-order chi connectivity index (χ0) is 9.84. The molecule has 13 heavy (non-hydrogen) atoms. The maximum Gasteiger partial charge on any atom is 0.150 e. The van der Waals surface area contributed by atoms with Crippen LogP contribution in [-0.4, -0.2) is 21.3 Å². The molecule has 4 heteroatoms. The van der Waals surface area contributed by atoms with Crippen LogP contribution in [0.25, 0.3) is 0 Å². The van der Waals surface area contributed by atoms with Crippen LogP contribution in [0, 0.1) is 0 Å². The Morgan fingerprint density at radius 3 is 2.54 bits per heavy atom. The van der Waals surface area contributed by atoms with Crippen LogP contribution in [0.3, 0.4) is 0 Å². The summed E-state index contributed by atoms with van der Waals surface area (Å²) in [5.41, 5.74) is 5.59. The van der Waals surface area contributed by atoms with Crippen LogP contribution in [-0.2, 0) is 12.8 Å². The van der Waals surface area contributed by atoms with E-state index in [-0.39, 0.29) is 6.04 Å². The highest BCUT2D eigenvalue weighted by atomic mass is 15.4. The fourth-order valence-electron chi connectivity index (χ4n) is 1.25. The van der Waals surface area contributed by atoms with E-state index in [1.54, 1.807) is 0 Å². The standard InChI is InChI=1S/C9H18N4/c1-4-8-11-9(5-2)13(12-8)7(3)6-10/h7H,4-6,10H2,1-3H3. The van der Waals surface area contributed by atoms with E-state index < -0.39 is 0 Å². The molecule has 0 aliphatic carbocycles. The number of nitrogens with two attached hydrogens (primary N) is 1. The summed E-state index contributed by atoms with van der Waals surface area (Å²) >= 11 is 0. The number of nitrogens with zero attached hydrogens (tertiary/aromatic N) is 3. The SMILES string of the molecule is CCc1nc(CC)n(C(C)CN)n1. The van der Waals surface area contributed by atoms with Crippen LogP contribution in [0.5, 0.6) is 0 Å². The molecule has 0 aliphatic rings. The molecule has 0 amide bonds. The Hall–Kier alpha value is -0.900. The molecule has 1 aromatic heterocycles. The Kier molecular flexibility index (Phi) is 3.42. The molecule has 0 aliphatic heterocycles. The van der Waals surface area contributed by atoms with Crippen LogP contribution in [0.4, 0.5) is 0 Å². The molecule has 0 saturated heterocycles. The van der Waals surface area contributed by atoms with Gasteiger partial charge in [0, 0.05) is 19.4 Å². The summed E-state index contributed by atoms with van der Waals surface area (Å²) in [7, 11) is 0. The van der Waals surface area contributed by atoms with Gasteiger partial charge in [-0.1, -0.05) is 13.8 Å². The number of hydrogen-bond acceptors (Lipinski definition) is 3. The summed E-state index contributed by atoms with van der Waals surface area (Å²) in [6, 6.07) is 0.253. The fraction of sp³-hybridized carbons (Fsp3) is 0.778. The Morgan fingerprint density at radius 1 is 1.38 bits per heavy atom. The molecular formula is C9H18N4. The van der Waals surface area contributed by atoms with Crippen LogP contribution < -0.4 is 5.73 Å². The molecule has 1 unspecified atom stereocenters. The van der Waals surface area contributed by atoms with Gasteiger partial charge in [-0.25, -0.2) is 9.67 Å². The lowest BCUT2D eigenvalue weighted by Crippen LogP contribution is -2.19. The van der Waals surface area contributed by atoms with Crippen molar-refractivity contribution < 1.29 is 0 Å². The molecule has 1 rings (SSSR count). The summed E-state index contributed by atoms with van der Waals surface area (Å²) in [4.78, 5) is 4.41. The van der Waals surface area contributed by atoms with Crippen molar-refractivity contribution in [2.24, 2.45) is 5.73 Å². The minimum Gasteiger partial charge on any atom is -0.328 e. The van der Waals surface area contributed by atoms with Gasteiger partial charge in [0.15, 0.2) is 5.82 Å². The lowest BCUT2D eigenvalue weighted by Gasteiger charge is -2.10. The molecule has 2 N–H and O–H groups in total. The third-order valence-corrected chi connectivity index (χ3v) is 2.14. The van der Waals surface area contributed by atoms with Crippen LogP contribution in [0.1, 0.15) is 38.5 Å². The number of rotatable bonds is 4. The molecule has 1 heterocycles. The van der Waals surface area contributed by atoms with Gasteiger partial charge < -0.3 is 5.73 Å².